The third-order valence-corrected chi connectivity index (χ3v) is 5.52. The zero-order valence-corrected chi connectivity index (χ0v) is 16.0. The fourth-order valence-corrected chi connectivity index (χ4v) is 4.11. The van der Waals surface area contributed by atoms with E-state index in [1.807, 2.05) is 31.2 Å². The number of hydrogen-bond acceptors (Lipinski definition) is 9. The van der Waals surface area contributed by atoms with Gasteiger partial charge in [0.25, 0.3) is 5.22 Å². The maximum atomic E-state index is 12.6. The number of benzene rings is 1. The minimum absolute atomic E-state index is 0.0578. The van der Waals surface area contributed by atoms with Gasteiger partial charge in [-0.05, 0) is 19.1 Å². The van der Waals surface area contributed by atoms with Gasteiger partial charge in [0.05, 0.1) is 16.0 Å². The molecule has 0 bridgehead atoms. The number of carbonyl (C=O) groups excluding carboxylic acids is 1. The number of fused-ring (bicyclic) bond motifs is 1. The second kappa shape index (κ2) is 7.84. The molecule has 0 atom stereocenters. The van der Waals surface area contributed by atoms with Crippen molar-refractivity contribution in [3.05, 3.63) is 42.8 Å². The maximum Gasteiger partial charge on any atom is 0.277 e. The monoisotopic (exact) mass is 401 g/mol. The summed E-state index contributed by atoms with van der Waals surface area (Å²) in [7, 11) is 0. The Hall–Kier alpha value is -2.79. The molecule has 0 unspecified atom stereocenters. The maximum absolute atomic E-state index is 12.6. The first kappa shape index (κ1) is 17.6. The van der Waals surface area contributed by atoms with Crippen molar-refractivity contribution in [1.29, 1.82) is 0 Å². The van der Waals surface area contributed by atoms with E-state index in [2.05, 4.69) is 25.3 Å². The summed E-state index contributed by atoms with van der Waals surface area (Å²) < 4.78 is 8.18. The van der Waals surface area contributed by atoms with Crippen LogP contribution in [0.1, 0.15) is 12.8 Å². The molecule has 0 N–H and O–H groups in total. The number of aromatic nitrogens is 6. The second-order valence-corrected chi connectivity index (χ2v) is 7.38. The molecule has 0 aliphatic rings. The normalized spacial score (nSPS) is 11.1. The number of para-hydroxylation sites is 1. The zero-order valence-electron chi connectivity index (χ0n) is 14.3. The minimum atomic E-state index is -0.0578. The van der Waals surface area contributed by atoms with Crippen molar-refractivity contribution in [3.8, 4) is 0 Å². The quantitative estimate of drug-likeness (QED) is 0.435. The van der Waals surface area contributed by atoms with Gasteiger partial charge < -0.3 is 4.42 Å². The van der Waals surface area contributed by atoms with E-state index in [4.69, 9.17) is 4.42 Å². The van der Waals surface area contributed by atoms with Crippen LogP contribution in [0.4, 0.5) is 5.13 Å². The molecule has 0 aliphatic carbocycles. The SMILES string of the molecule is CCN(C(=O)CSc1nnc(Cn2cncn2)o1)c1nc2ccccc2s1. The number of anilines is 1. The van der Waals surface area contributed by atoms with Gasteiger partial charge in [-0.3, -0.25) is 9.69 Å². The lowest BCUT2D eigenvalue weighted by Crippen LogP contribution is -2.32. The highest BCUT2D eigenvalue weighted by Crippen LogP contribution is 2.29. The first-order chi connectivity index (χ1) is 13.2. The number of thioether (sulfide) groups is 1. The molecule has 138 valence electrons. The highest BCUT2D eigenvalue weighted by molar-refractivity contribution is 7.99. The summed E-state index contributed by atoms with van der Waals surface area (Å²) in [5.41, 5.74) is 0.894. The molecule has 0 spiro atoms. The van der Waals surface area contributed by atoms with E-state index in [1.165, 1.54) is 29.4 Å². The Morgan fingerprint density at radius 3 is 3.00 bits per heavy atom. The molecular weight excluding hydrogens is 386 g/mol. The van der Waals surface area contributed by atoms with Crippen LogP contribution in [0.15, 0.2) is 46.6 Å². The van der Waals surface area contributed by atoms with Crippen LogP contribution in [0.2, 0.25) is 0 Å². The molecule has 11 heteroatoms. The van der Waals surface area contributed by atoms with Gasteiger partial charge in [-0.1, -0.05) is 35.2 Å². The van der Waals surface area contributed by atoms with E-state index in [9.17, 15) is 4.79 Å². The molecule has 1 amide bonds. The van der Waals surface area contributed by atoms with Crippen LogP contribution < -0.4 is 4.90 Å². The summed E-state index contributed by atoms with van der Waals surface area (Å²) in [4.78, 5) is 22.7. The first-order valence-corrected chi connectivity index (χ1v) is 9.96. The van der Waals surface area contributed by atoms with Crippen molar-refractivity contribution in [2.24, 2.45) is 0 Å². The number of rotatable bonds is 7. The van der Waals surface area contributed by atoms with Crippen molar-refractivity contribution in [2.45, 2.75) is 18.7 Å². The lowest BCUT2D eigenvalue weighted by atomic mass is 10.3. The predicted octanol–water partition coefficient (Wildman–Crippen LogP) is 2.46. The van der Waals surface area contributed by atoms with Gasteiger partial charge in [0.15, 0.2) is 5.13 Å². The Bertz CT molecular complexity index is 1010. The number of carbonyl (C=O) groups is 1. The Kier molecular flexibility index (Phi) is 5.12. The standard InChI is InChI=1S/C16H15N7O2S2/c1-2-23(15-19-11-5-3-4-6-12(11)27-15)14(24)8-26-16-21-20-13(25-16)7-22-10-17-9-18-22/h3-6,9-10H,2,7-8H2,1H3. The van der Waals surface area contributed by atoms with Crippen LogP contribution in [0.25, 0.3) is 10.2 Å². The van der Waals surface area contributed by atoms with E-state index >= 15 is 0 Å². The van der Waals surface area contributed by atoms with Crippen molar-refractivity contribution in [3.63, 3.8) is 0 Å². The molecule has 4 aromatic rings. The first-order valence-electron chi connectivity index (χ1n) is 8.16. The van der Waals surface area contributed by atoms with E-state index in [0.29, 0.717) is 29.3 Å². The number of hydrogen-bond donors (Lipinski definition) is 0. The Labute approximate surface area is 162 Å². The molecule has 4 rings (SSSR count). The molecule has 0 fully saturated rings. The fourth-order valence-electron chi connectivity index (χ4n) is 2.41. The summed E-state index contributed by atoms with van der Waals surface area (Å²) in [6.07, 6.45) is 3.00. The van der Waals surface area contributed by atoms with Gasteiger partial charge in [-0.2, -0.15) is 5.10 Å². The average molecular weight is 401 g/mol. The molecular formula is C16H15N7O2S2. The van der Waals surface area contributed by atoms with Crippen molar-refractivity contribution in [2.75, 3.05) is 17.2 Å². The molecule has 0 radical (unpaired) electrons. The van der Waals surface area contributed by atoms with Gasteiger partial charge in [0.1, 0.15) is 19.2 Å². The third kappa shape index (κ3) is 3.98. The smallest absolute Gasteiger partial charge is 0.277 e. The van der Waals surface area contributed by atoms with Crippen LogP contribution in [0.5, 0.6) is 0 Å². The highest BCUT2D eigenvalue weighted by Gasteiger charge is 2.19. The second-order valence-electron chi connectivity index (χ2n) is 5.45. The summed E-state index contributed by atoms with van der Waals surface area (Å²) >= 11 is 2.71. The lowest BCUT2D eigenvalue weighted by molar-refractivity contribution is -0.116. The van der Waals surface area contributed by atoms with Gasteiger partial charge in [0.2, 0.25) is 11.8 Å². The average Bonchev–Trinajstić information content (AvgIpc) is 3.41. The molecule has 3 aromatic heterocycles. The molecule has 3 heterocycles. The summed E-state index contributed by atoms with van der Waals surface area (Å²) in [5.74, 6) is 0.542. The third-order valence-electron chi connectivity index (χ3n) is 3.66. The van der Waals surface area contributed by atoms with Crippen LogP contribution in [0.3, 0.4) is 0 Å². The van der Waals surface area contributed by atoms with Crippen molar-refractivity contribution >= 4 is 44.4 Å². The lowest BCUT2D eigenvalue weighted by Gasteiger charge is -2.16. The van der Waals surface area contributed by atoms with Crippen LogP contribution in [-0.2, 0) is 11.3 Å². The summed E-state index contributed by atoms with van der Waals surface area (Å²) in [5, 5.41) is 12.9. The van der Waals surface area contributed by atoms with Gasteiger partial charge >= 0.3 is 0 Å². The van der Waals surface area contributed by atoms with Crippen molar-refractivity contribution in [1.82, 2.24) is 29.9 Å². The van der Waals surface area contributed by atoms with Crippen LogP contribution >= 0.6 is 23.1 Å². The number of nitrogens with zero attached hydrogens (tertiary/aromatic N) is 7. The molecule has 27 heavy (non-hydrogen) atoms. The molecule has 1 aromatic carbocycles. The Balaban J connectivity index is 1.39. The van der Waals surface area contributed by atoms with E-state index < -0.39 is 0 Å². The number of thiazole rings is 1. The van der Waals surface area contributed by atoms with E-state index in [0.717, 1.165) is 10.2 Å². The predicted molar refractivity (Wildman–Crippen MR) is 102 cm³/mol. The largest absolute Gasteiger partial charge is 0.414 e. The topological polar surface area (TPSA) is 103 Å². The minimum Gasteiger partial charge on any atom is -0.414 e. The zero-order chi connectivity index (χ0) is 18.6. The molecule has 0 saturated heterocycles. The summed E-state index contributed by atoms with van der Waals surface area (Å²) in [6.45, 7) is 2.81. The van der Waals surface area contributed by atoms with Gasteiger partial charge in [-0.15, -0.1) is 10.2 Å². The molecule has 0 saturated carbocycles. The molecule has 9 nitrogen and oxygen atoms in total. The van der Waals surface area contributed by atoms with Crippen molar-refractivity contribution < 1.29 is 9.21 Å². The molecule has 0 aliphatic heterocycles. The Morgan fingerprint density at radius 1 is 1.33 bits per heavy atom. The van der Waals surface area contributed by atoms with E-state index in [1.54, 1.807) is 15.9 Å². The van der Waals surface area contributed by atoms with Crippen LogP contribution in [-0.4, -0.2) is 48.2 Å². The van der Waals surface area contributed by atoms with Gasteiger partial charge in [0, 0.05) is 6.54 Å². The highest BCUT2D eigenvalue weighted by atomic mass is 32.2. The summed E-state index contributed by atoms with van der Waals surface area (Å²) in [6, 6.07) is 7.84. The fraction of sp³-hybridized carbons (Fsp3) is 0.250. The van der Waals surface area contributed by atoms with Gasteiger partial charge in [-0.25, -0.2) is 14.6 Å². The number of amides is 1. The van der Waals surface area contributed by atoms with Crippen LogP contribution in [0, 0.1) is 0 Å². The van der Waals surface area contributed by atoms with E-state index in [-0.39, 0.29) is 11.7 Å². The Morgan fingerprint density at radius 2 is 2.22 bits per heavy atom.